The van der Waals surface area contributed by atoms with E-state index in [0.29, 0.717) is 0 Å². The van der Waals surface area contributed by atoms with Crippen molar-refractivity contribution in [2.75, 3.05) is 0 Å². The molecule has 0 fully saturated rings. The molecule has 0 saturated heterocycles. The van der Waals surface area contributed by atoms with Gasteiger partial charge in [0.1, 0.15) is 0 Å². The highest BCUT2D eigenvalue weighted by molar-refractivity contribution is 7.19. The zero-order valence-corrected chi connectivity index (χ0v) is 10.7. The summed E-state index contributed by atoms with van der Waals surface area (Å²) in [5.41, 5.74) is 3.00. The number of aryl methyl sites for hydroxylation is 2. The van der Waals surface area contributed by atoms with Crippen LogP contribution in [0.25, 0.3) is 10.1 Å². The fraction of sp³-hybridized carbons (Fsp3) is 0.429. The predicted molar refractivity (Wildman–Crippen MR) is 69.8 cm³/mol. The Morgan fingerprint density at radius 1 is 1.20 bits per heavy atom. The Bertz CT molecular complexity index is 477. The third-order valence-corrected chi connectivity index (χ3v) is 4.08. The number of fused-ring (bicyclic) bond motifs is 1. The second-order valence-corrected chi connectivity index (χ2v) is 5.93. The zero-order chi connectivity index (χ0) is 11.0. The molecule has 0 saturated carbocycles. The Morgan fingerprint density at radius 3 is 2.60 bits per heavy atom. The molecule has 1 aromatic heterocycles. The summed E-state index contributed by atoms with van der Waals surface area (Å²) in [4.78, 5) is 1.46. The molecule has 0 nitrogen and oxygen atoms in total. The van der Waals surface area contributed by atoms with E-state index in [9.17, 15) is 0 Å². The minimum atomic E-state index is 0.732. The van der Waals surface area contributed by atoms with Crippen LogP contribution in [0.15, 0.2) is 18.2 Å². The molecule has 0 radical (unpaired) electrons. The van der Waals surface area contributed by atoms with E-state index < -0.39 is 0 Å². The van der Waals surface area contributed by atoms with Gasteiger partial charge in [-0.15, -0.1) is 11.3 Å². The number of hydrogen-bond acceptors (Lipinski definition) is 1. The summed E-state index contributed by atoms with van der Waals surface area (Å²) in [6, 6.07) is 6.71. The second kappa shape index (κ2) is 3.97. The minimum absolute atomic E-state index is 0.732. The van der Waals surface area contributed by atoms with Crippen LogP contribution in [0.2, 0.25) is 0 Å². The van der Waals surface area contributed by atoms with Crippen molar-refractivity contribution in [2.24, 2.45) is 5.92 Å². The first kappa shape index (κ1) is 10.7. The van der Waals surface area contributed by atoms with E-state index in [4.69, 9.17) is 0 Å². The van der Waals surface area contributed by atoms with Gasteiger partial charge in [-0.25, -0.2) is 0 Å². The van der Waals surface area contributed by atoms with E-state index in [1.807, 2.05) is 11.3 Å². The van der Waals surface area contributed by atoms with Crippen LogP contribution >= 0.6 is 11.3 Å². The predicted octanol–water partition coefficient (Wildman–Crippen LogP) is 4.72. The molecule has 0 spiro atoms. The molecule has 0 unspecified atom stereocenters. The Hall–Kier alpha value is -0.820. The summed E-state index contributed by atoms with van der Waals surface area (Å²) >= 11 is 1.92. The maximum Gasteiger partial charge on any atom is 0.0351 e. The summed E-state index contributed by atoms with van der Waals surface area (Å²) < 4.78 is 1.45. The molecule has 15 heavy (non-hydrogen) atoms. The van der Waals surface area contributed by atoms with E-state index in [-0.39, 0.29) is 0 Å². The normalized spacial score (nSPS) is 11.5. The van der Waals surface area contributed by atoms with Crippen molar-refractivity contribution >= 4 is 21.4 Å². The van der Waals surface area contributed by atoms with Gasteiger partial charge in [0.25, 0.3) is 0 Å². The molecule has 1 heteroatoms. The van der Waals surface area contributed by atoms with Crippen molar-refractivity contribution in [3.05, 3.63) is 34.2 Å². The monoisotopic (exact) mass is 218 g/mol. The molecule has 0 atom stereocenters. The highest BCUT2D eigenvalue weighted by Crippen LogP contribution is 2.33. The standard InChI is InChI=1S/C14H18S/c1-9(2)8-12-6-5-7-13-14(12)10(3)11(4)15-13/h5-7,9H,8H2,1-4H3. The van der Waals surface area contributed by atoms with Crippen molar-refractivity contribution in [2.45, 2.75) is 34.1 Å². The van der Waals surface area contributed by atoms with Gasteiger partial charge in [0.2, 0.25) is 0 Å². The number of hydrogen-bond donors (Lipinski definition) is 0. The molecule has 1 aromatic carbocycles. The van der Waals surface area contributed by atoms with E-state index in [2.05, 4.69) is 45.9 Å². The summed E-state index contributed by atoms with van der Waals surface area (Å²) in [6.45, 7) is 9.04. The van der Waals surface area contributed by atoms with Crippen LogP contribution in [-0.2, 0) is 6.42 Å². The molecule has 1 heterocycles. The molecule has 2 rings (SSSR count). The third kappa shape index (κ3) is 1.93. The highest BCUT2D eigenvalue weighted by atomic mass is 32.1. The fourth-order valence-corrected chi connectivity index (χ4v) is 3.23. The largest absolute Gasteiger partial charge is 0.140 e. The van der Waals surface area contributed by atoms with Gasteiger partial charge in [-0.3, -0.25) is 0 Å². The topological polar surface area (TPSA) is 0 Å². The van der Waals surface area contributed by atoms with Crippen LogP contribution in [0.5, 0.6) is 0 Å². The average Bonchev–Trinajstić information content (AvgIpc) is 2.43. The molecule has 80 valence electrons. The minimum Gasteiger partial charge on any atom is -0.140 e. The second-order valence-electron chi connectivity index (χ2n) is 4.67. The Kier molecular flexibility index (Phi) is 2.83. The average molecular weight is 218 g/mol. The maximum absolute atomic E-state index is 2.29. The van der Waals surface area contributed by atoms with Crippen LogP contribution < -0.4 is 0 Å². The summed E-state index contributed by atoms with van der Waals surface area (Å²) in [6.07, 6.45) is 1.19. The summed E-state index contributed by atoms with van der Waals surface area (Å²) in [5, 5.41) is 1.51. The SMILES string of the molecule is Cc1sc2cccc(CC(C)C)c2c1C. The fourth-order valence-electron chi connectivity index (χ4n) is 2.11. The Morgan fingerprint density at radius 2 is 1.93 bits per heavy atom. The van der Waals surface area contributed by atoms with Crippen molar-refractivity contribution < 1.29 is 0 Å². The van der Waals surface area contributed by atoms with Gasteiger partial charge < -0.3 is 0 Å². The lowest BCUT2D eigenvalue weighted by molar-refractivity contribution is 0.650. The summed E-state index contributed by atoms with van der Waals surface area (Å²) in [7, 11) is 0. The van der Waals surface area contributed by atoms with Gasteiger partial charge in [0, 0.05) is 9.58 Å². The molecule has 2 aromatic rings. The smallest absolute Gasteiger partial charge is 0.0351 e. The highest BCUT2D eigenvalue weighted by Gasteiger charge is 2.09. The van der Waals surface area contributed by atoms with E-state index in [1.165, 1.54) is 32.5 Å². The lowest BCUT2D eigenvalue weighted by atomic mass is 9.98. The molecule has 0 N–H and O–H groups in total. The molecule has 0 aliphatic carbocycles. The van der Waals surface area contributed by atoms with Gasteiger partial charge in [0.05, 0.1) is 0 Å². The molecular formula is C14H18S. The van der Waals surface area contributed by atoms with Crippen LogP contribution in [0.1, 0.15) is 29.9 Å². The molecule has 0 amide bonds. The van der Waals surface area contributed by atoms with Gasteiger partial charge in [-0.05, 0) is 48.8 Å². The summed E-state index contributed by atoms with van der Waals surface area (Å²) in [5.74, 6) is 0.732. The molecular weight excluding hydrogens is 200 g/mol. The van der Waals surface area contributed by atoms with Gasteiger partial charge >= 0.3 is 0 Å². The third-order valence-electron chi connectivity index (χ3n) is 2.91. The van der Waals surface area contributed by atoms with Crippen molar-refractivity contribution in [1.29, 1.82) is 0 Å². The van der Waals surface area contributed by atoms with Crippen LogP contribution in [0.4, 0.5) is 0 Å². The Labute approximate surface area is 95.9 Å². The first-order valence-corrected chi connectivity index (χ1v) is 6.39. The van der Waals surface area contributed by atoms with E-state index >= 15 is 0 Å². The van der Waals surface area contributed by atoms with Crippen LogP contribution in [-0.4, -0.2) is 0 Å². The van der Waals surface area contributed by atoms with Crippen molar-refractivity contribution in [3.8, 4) is 0 Å². The van der Waals surface area contributed by atoms with Crippen LogP contribution in [0.3, 0.4) is 0 Å². The first-order valence-electron chi connectivity index (χ1n) is 5.57. The van der Waals surface area contributed by atoms with E-state index in [0.717, 1.165) is 5.92 Å². The Balaban J connectivity index is 2.63. The number of rotatable bonds is 2. The van der Waals surface area contributed by atoms with Crippen molar-refractivity contribution in [3.63, 3.8) is 0 Å². The molecule has 0 bridgehead atoms. The van der Waals surface area contributed by atoms with Crippen molar-refractivity contribution in [1.82, 2.24) is 0 Å². The van der Waals surface area contributed by atoms with E-state index in [1.54, 1.807) is 0 Å². The number of thiophene rings is 1. The van der Waals surface area contributed by atoms with Gasteiger partial charge in [0.15, 0.2) is 0 Å². The lowest BCUT2D eigenvalue weighted by Gasteiger charge is -2.07. The molecule has 0 aliphatic rings. The lowest BCUT2D eigenvalue weighted by Crippen LogP contribution is -1.94. The maximum atomic E-state index is 2.29. The first-order chi connectivity index (χ1) is 7.09. The van der Waals surface area contributed by atoms with Crippen LogP contribution in [0, 0.1) is 19.8 Å². The zero-order valence-electron chi connectivity index (χ0n) is 9.92. The quantitative estimate of drug-likeness (QED) is 0.684. The number of benzene rings is 1. The van der Waals surface area contributed by atoms with Gasteiger partial charge in [-0.1, -0.05) is 26.0 Å². The van der Waals surface area contributed by atoms with Gasteiger partial charge in [-0.2, -0.15) is 0 Å². The molecule has 0 aliphatic heterocycles.